The van der Waals surface area contributed by atoms with E-state index in [0.29, 0.717) is 25.0 Å². The summed E-state index contributed by atoms with van der Waals surface area (Å²) in [7, 11) is 6.77. The molecule has 0 aromatic rings. The van der Waals surface area contributed by atoms with Crippen LogP contribution >= 0.6 is 0 Å². The Morgan fingerprint density at radius 2 is 1.80 bits per heavy atom. The molecule has 0 aliphatic rings. The number of likely N-dealkylation sites (N-methyl/N-ethyl adjacent to an activating group) is 1. The maximum atomic E-state index is 7.33. The molecular formula is C10H24N10. The molecule has 20 heavy (non-hydrogen) atoms. The second-order valence-electron chi connectivity index (χ2n) is 3.91. The molecule has 8 N–H and O–H groups in total. The van der Waals surface area contributed by atoms with E-state index in [-0.39, 0.29) is 11.9 Å². The fraction of sp³-hybridized carbons (Fsp3) is 0.600. The van der Waals surface area contributed by atoms with Crippen LogP contribution in [0.25, 0.3) is 0 Å². The molecule has 0 amide bonds. The molecule has 114 valence electrons. The predicted octanol–water partition coefficient (Wildman–Crippen LogP) is -2.21. The van der Waals surface area contributed by atoms with Gasteiger partial charge in [-0.15, -0.1) is 0 Å². The van der Waals surface area contributed by atoms with Crippen LogP contribution in [-0.2, 0) is 0 Å². The standard InChI is InChI=1S/C10H24N10/c1-15-9(20(4)8(13)14)17-5-6-19(3)10(16-2)18-7(11)12/h5-6H2,1-4H3,(H3,13,14)(H,15,17)(H4,11,12,16,18). The van der Waals surface area contributed by atoms with E-state index in [4.69, 9.17) is 22.3 Å². The van der Waals surface area contributed by atoms with Gasteiger partial charge in [0.25, 0.3) is 0 Å². The average Bonchev–Trinajstić information content (AvgIpc) is 2.39. The van der Waals surface area contributed by atoms with Crippen LogP contribution < -0.4 is 22.1 Å². The highest BCUT2D eigenvalue weighted by atomic mass is 15.3. The summed E-state index contributed by atoms with van der Waals surface area (Å²) in [5, 5.41) is 20.0. The normalized spacial score (nSPS) is 11.8. The summed E-state index contributed by atoms with van der Waals surface area (Å²) in [6.07, 6.45) is 0. The third kappa shape index (κ3) is 5.89. The smallest absolute Gasteiger partial charge is 0.200 e. The van der Waals surface area contributed by atoms with Gasteiger partial charge in [0.15, 0.2) is 23.8 Å². The van der Waals surface area contributed by atoms with Crippen LogP contribution in [-0.4, -0.2) is 74.9 Å². The Balaban J connectivity index is 4.53. The monoisotopic (exact) mass is 284 g/mol. The van der Waals surface area contributed by atoms with Gasteiger partial charge < -0.3 is 21.7 Å². The highest BCUT2D eigenvalue weighted by Gasteiger charge is 2.08. The Bertz CT molecular complexity index is 399. The zero-order valence-electron chi connectivity index (χ0n) is 12.4. The highest BCUT2D eigenvalue weighted by molar-refractivity contribution is 5.97. The van der Waals surface area contributed by atoms with Crippen molar-refractivity contribution in [2.45, 2.75) is 0 Å². The second kappa shape index (κ2) is 8.56. The van der Waals surface area contributed by atoms with Gasteiger partial charge in [-0.2, -0.15) is 0 Å². The third-order valence-corrected chi connectivity index (χ3v) is 2.42. The van der Waals surface area contributed by atoms with Gasteiger partial charge in [-0.05, 0) is 0 Å². The molecule has 10 heteroatoms. The molecule has 0 saturated carbocycles. The van der Waals surface area contributed by atoms with Crippen LogP contribution in [0.2, 0.25) is 0 Å². The number of aliphatic imine (C=N–C) groups is 2. The first-order chi connectivity index (χ1) is 9.33. The quantitative estimate of drug-likeness (QED) is 0.255. The van der Waals surface area contributed by atoms with Crippen molar-refractivity contribution < 1.29 is 0 Å². The minimum absolute atomic E-state index is 0.0967. The van der Waals surface area contributed by atoms with Gasteiger partial charge in [0, 0.05) is 34.7 Å². The summed E-state index contributed by atoms with van der Waals surface area (Å²) >= 11 is 0. The van der Waals surface area contributed by atoms with Gasteiger partial charge in [0.1, 0.15) is 0 Å². The van der Waals surface area contributed by atoms with Crippen molar-refractivity contribution in [2.75, 3.05) is 41.3 Å². The molecule has 0 saturated heterocycles. The molecular weight excluding hydrogens is 260 g/mol. The molecule has 0 heterocycles. The molecule has 0 radical (unpaired) electrons. The molecule has 0 spiro atoms. The second-order valence-corrected chi connectivity index (χ2v) is 3.91. The SMILES string of the molecule is C/N=C(/NC(=N)N)N(C)CC/N=C(\NC)N(C)C(=N)N. The molecule has 10 nitrogen and oxygen atoms in total. The summed E-state index contributed by atoms with van der Waals surface area (Å²) in [6.45, 7) is 1.02. The zero-order valence-corrected chi connectivity index (χ0v) is 12.4. The lowest BCUT2D eigenvalue weighted by Gasteiger charge is -2.22. The van der Waals surface area contributed by atoms with Gasteiger partial charge in [0.2, 0.25) is 0 Å². The summed E-state index contributed by atoms with van der Waals surface area (Å²) in [5.41, 5.74) is 10.6. The Morgan fingerprint density at radius 3 is 2.20 bits per heavy atom. The topological polar surface area (TPSA) is 155 Å². The van der Waals surface area contributed by atoms with Crippen LogP contribution in [0.4, 0.5) is 0 Å². The fourth-order valence-corrected chi connectivity index (χ4v) is 1.32. The van der Waals surface area contributed by atoms with Crippen molar-refractivity contribution in [3.63, 3.8) is 0 Å². The van der Waals surface area contributed by atoms with E-state index < -0.39 is 0 Å². The molecule has 0 fully saturated rings. The van der Waals surface area contributed by atoms with Crippen LogP contribution in [0.1, 0.15) is 0 Å². The van der Waals surface area contributed by atoms with Crippen molar-refractivity contribution in [2.24, 2.45) is 21.5 Å². The van der Waals surface area contributed by atoms with Crippen LogP contribution in [0.15, 0.2) is 9.98 Å². The Labute approximate surface area is 118 Å². The van der Waals surface area contributed by atoms with E-state index in [1.165, 1.54) is 4.90 Å². The minimum Gasteiger partial charge on any atom is -0.370 e. The van der Waals surface area contributed by atoms with Crippen molar-refractivity contribution in [1.82, 2.24) is 20.4 Å². The van der Waals surface area contributed by atoms with Crippen molar-refractivity contribution in [3.05, 3.63) is 0 Å². The fourth-order valence-electron chi connectivity index (χ4n) is 1.32. The number of rotatable bonds is 3. The highest BCUT2D eigenvalue weighted by Crippen LogP contribution is 1.88. The Morgan fingerprint density at radius 1 is 1.20 bits per heavy atom. The lowest BCUT2D eigenvalue weighted by atomic mass is 10.5. The van der Waals surface area contributed by atoms with Crippen molar-refractivity contribution >= 4 is 23.8 Å². The number of nitrogens with zero attached hydrogens (tertiary/aromatic N) is 4. The number of hydrogen-bond acceptors (Lipinski definition) is 4. The van der Waals surface area contributed by atoms with Gasteiger partial charge in [-0.1, -0.05) is 0 Å². The van der Waals surface area contributed by atoms with E-state index in [2.05, 4.69) is 20.6 Å². The summed E-state index contributed by atoms with van der Waals surface area (Å²) in [4.78, 5) is 11.5. The first-order valence-electron chi connectivity index (χ1n) is 5.92. The van der Waals surface area contributed by atoms with Crippen LogP contribution in [0.5, 0.6) is 0 Å². The van der Waals surface area contributed by atoms with Gasteiger partial charge >= 0.3 is 0 Å². The minimum atomic E-state index is -0.173. The Hall–Kier alpha value is -2.52. The number of hydrogen-bond donors (Lipinski definition) is 6. The summed E-state index contributed by atoms with van der Waals surface area (Å²) in [5.74, 6) is 0.715. The Kier molecular flexibility index (Phi) is 7.48. The molecule has 0 aromatic carbocycles. The van der Waals surface area contributed by atoms with Crippen LogP contribution in [0.3, 0.4) is 0 Å². The average molecular weight is 284 g/mol. The number of guanidine groups is 4. The maximum Gasteiger partial charge on any atom is 0.200 e. The van der Waals surface area contributed by atoms with Crippen molar-refractivity contribution in [1.29, 1.82) is 10.8 Å². The number of nitrogens with one attached hydrogen (secondary N) is 4. The van der Waals surface area contributed by atoms with E-state index in [1.54, 1.807) is 26.0 Å². The third-order valence-electron chi connectivity index (χ3n) is 2.42. The maximum absolute atomic E-state index is 7.33. The van der Waals surface area contributed by atoms with E-state index in [9.17, 15) is 0 Å². The molecule has 0 unspecified atom stereocenters. The molecule has 0 atom stereocenters. The summed E-state index contributed by atoms with van der Waals surface area (Å²) < 4.78 is 0. The van der Waals surface area contributed by atoms with Gasteiger partial charge in [-0.25, -0.2) is 0 Å². The van der Waals surface area contributed by atoms with Gasteiger partial charge in [-0.3, -0.25) is 31.0 Å². The zero-order chi connectivity index (χ0) is 15.7. The number of nitrogens with two attached hydrogens (primary N) is 2. The molecule has 0 aliphatic carbocycles. The molecule has 0 rings (SSSR count). The first-order valence-corrected chi connectivity index (χ1v) is 5.92. The molecule has 0 aromatic heterocycles. The lowest BCUT2D eigenvalue weighted by Crippen LogP contribution is -2.46. The predicted molar refractivity (Wildman–Crippen MR) is 82.1 cm³/mol. The molecule has 0 bridgehead atoms. The lowest BCUT2D eigenvalue weighted by molar-refractivity contribution is 0.501. The van der Waals surface area contributed by atoms with Crippen molar-refractivity contribution in [3.8, 4) is 0 Å². The summed E-state index contributed by atoms with van der Waals surface area (Å²) in [6, 6.07) is 0. The largest absolute Gasteiger partial charge is 0.370 e. The van der Waals surface area contributed by atoms with Gasteiger partial charge in [0.05, 0.1) is 6.54 Å². The molecule has 0 aliphatic heterocycles. The van der Waals surface area contributed by atoms with Crippen LogP contribution in [0, 0.1) is 10.8 Å². The van der Waals surface area contributed by atoms with E-state index >= 15 is 0 Å². The van der Waals surface area contributed by atoms with E-state index in [1.807, 2.05) is 7.05 Å². The first kappa shape index (κ1) is 17.5. The van der Waals surface area contributed by atoms with E-state index in [0.717, 1.165) is 0 Å².